The minimum absolute atomic E-state index is 0.240. The molecule has 2 N–H and O–H groups in total. The zero-order valence-corrected chi connectivity index (χ0v) is 12.3. The highest BCUT2D eigenvalue weighted by Gasteiger charge is 2.26. The molecule has 1 aromatic carbocycles. The molecule has 0 radical (unpaired) electrons. The molecule has 1 aliphatic rings. The summed E-state index contributed by atoms with van der Waals surface area (Å²) in [5, 5.41) is 0. The standard InChI is InChI=1S/C17H18N2O2/c1-10-11(2)19(14-4-3-5-15(20)16(10)14)13-8-6-12(7-9-13)17(18)21/h6-9H,3-5H2,1-2H3,(H2,18,21). The van der Waals surface area contributed by atoms with Gasteiger partial charge in [0.15, 0.2) is 5.78 Å². The van der Waals surface area contributed by atoms with Gasteiger partial charge < -0.3 is 10.3 Å². The molecule has 4 heteroatoms. The molecule has 4 nitrogen and oxygen atoms in total. The van der Waals surface area contributed by atoms with Crippen molar-refractivity contribution >= 4 is 11.7 Å². The van der Waals surface area contributed by atoms with Crippen LogP contribution in [0.4, 0.5) is 0 Å². The fraction of sp³-hybridized carbons (Fsp3) is 0.294. The Morgan fingerprint density at radius 3 is 2.43 bits per heavy atom. The van der Waals surface area contributed by atoms with E-state index in [4.69, 9.17) is 5.73 Å². The molecule has 108 valence electrons. The summed E-state index contributed by atoms with van der Waals surface area (Å²) in [6, 6.07) is 7.21. The van der Waals surface area contributed by atoms with Gasteiger partial charge in [0.2, 0.25) is 5.91 Å². The monoisotopic (exact) mass is 282 g/mol. The molecule has 1 aliphatic carbocycles. The Morgan fingerprint density at radius 2 is 1.81 bits per heavy atom. The zero-order chi connectivity index (χ0) is 15.1. The van der Waals surface area contributed by atoms with Gasteiger partial charge in [0.1, 0.15) is 0 Å². The lowest BCUT2D eigenvalue weighted by Crippen LogP contribution is -2.14. The second-order valence-corrected chi connectivity index (χ2v) is 5.56. The number of nitrogens with zero attached hydrogens (tertiary/aromatic N) is 1. The number of Topliss-reactive ketones (excluding diaryl/α,β-unsaturated/α-hetero) is 1. The van der Waals surface area contributed by atoms with Crippen LogP contribution in [0.25, 0.3) is 5.69 Å². The molecule has 0 spiro atoms. The van der Waals surface area contributed by atoms with E-state index in [9.17, 15) is 9.59 Å². The van der Waals surface area contributed by atoms with E-state index < -0.39 is 5.91 Å². The third-order valence-corrected chi connectivity index (χ3v) is 4.32. The Hall–Kier alpha value is -2.36. The minimum Gasteiger partial charge on any atom is -0.366 e. The van der Waals surface area contributed by atoms with Crippen molar-refractivity contribution in [3.8, 4) is 5.69 Å². The summed E-state index contributed by atoms with van der Waals surface area (Å²) >= 11 is 0. The fourth-order valence-corrected chi connectivity index (χ4v) is 3.15. The molecule has 0 atom stereocenters. The molecule has 0 saturated heterocycles. The highest BCUT2D eigenvalue weighted by molar-refractivity contribution is 6.00. The number of benzene rings is 1. The number of aromatic nitrogens is 1. The van der Waals surface area contributed by atoms with Gasteiger partial charge in [0.25, 0.3) is 0 Å². The fourth-order valence-electron chi connectivity index (χ4n) is 3.15. The Labute approximate surface area is 123 Å². The quantitative estimate of drug-likeness (QED) is 0.920. The number of amides is 1. The molecule has 1 amide bonds. The van der Waals surface area contributed by atoms with Crippen LogP contribution < -0.4 is 5.73 Å². The van der Waals surface area contributed by atoms with E-state index in [-0.39, 0.29) is 5.78 Å². The summed E-state index contributed by atoms with van der Waals surface area (Å²) in [6.45, 7) is 4.04. The van der Waals surface area contributed by atoms with Gasteiger partial charge in [0, 0.05) is 34.6 Å². The maximum atomic E-state index is 12.2. The van der Waals surface area contributed by atoms with E-state index >= 15 is 0 Å². The molecule has 2 aromatic rings. The van der Waals surface area contributed by atoms with Crippen LogP contribution in [0.5, 0.6) is 0 Å². The average Bonchev–Trinajstić information content (AvgIpc) is 2.72. The van der Waals surface area contributed by atoms with Crippen molar-refractivity contribution in [2.24, 2.45) is 5.73 Å². The lowest BCUT2D eigenvalue weighted by molar-refractivity contribution is 0.0969. The Bertz CT molecular complexity index is 739. The first-order chi connectivity index (χ1) is 10.0. The number of carbonyl (C=O) groups excluding carboxylic acids is 2. The largest absolute Gasteiger partial charge is 0.366 e. The molecule has 0 fully saturated rings. The number of hydrogen-bond donors (Lipinski definition) is 1. The maximum absolute atomic E-state index is 12.2. The van der Waals surface area contributed by atoms with Crippen LogP contribution in [0.15, 0.2) is 24.3 Å². The maximum Gasteiger partial charge on any atom is 0.248 e. The lowest BCUT2D eigenvalue weighted by Gasteiger charge is -2.16. The first kappa shape index (κ1) is 13.6. The highest BCUT2D eigenvalue weighted by atomic mass is 16.1. The van der Waals surface area contributed by atoms with Gasteiger partial charge in [0.05, 0.1) is 0 Å². The van der Waals surface area contributed by atoms with Crippen molar-refractivity contribution in [1.82, 2.24) is 4.57 Å². The zero-order valence-electron chi connectivity index (χ0n) is 12.3. The number of rotatable bonds is 2. The van der Waals surface area contributed by atoms with E-state index in [1.807, 2.05) is 26.0 Å². The van der Waals surface area contributed by atoms with Gasteiger partial charge in [-0.1, -0.05) is 0 Å². The summed E-state index contributed by atoms with van der Waals surface area (Å²) < 4.78 is 2.13. The second kappa shape index (κ2) is 4.88. The van der Waals surface area contributed by atoms with Crippen molar-refractivity contribution in [3.63, 3.8) is 0 Å². The first-order valence-electron chi connectivity index (χ1n) is 7.15. The van der Waals surface area contributed by atoms with Crippen molar-refractivity contribution in [2.45, 2.75) is 33.1 Å². The van der Waals surface area contributed by atoms with Crippen molar-refractivity contribution < 1.29 is 9.59 Å². The minimum atomic E-state index is -0.431. The molecule has 0 saturated carbocycles. The number of fused-ring (bicyclic) bond motifs is 1. The van der Waals surface area contributed by atoms with Crippen LogP contribution >= 0.6 is 0 Å². The molecule has 0 bridgehead atoms. The summed E-state index contributed by atoms with van der Waals surface area (Å²) in [4.78, 5) is 23.3. The molecule has 3 rings (SSSR count). The van der Waals surface area contributed by atoms with E-state index in [1.165, 1.54) is 0 Å². The molecule has 0 unspecified atom stereocenters. The summed E-state index contributed by atoms with van der Waals surface area (Å²) in [6.07, 6.45) is 2.44. The van der Waals surface area contributed by atoms with Crippen LogP contribution in [0.2, 0.25) is 0 Å². The van der Waals surface area contributed by atoms with Gasteiger partial charge in [-0.3, -0.25) is 9.59 Å². The Morgan fingerprint density at radius 1 is 1.14 bits per heavy atom. The highest BCUT2D eigenvalue weighted by Crippen LogP contribution is 2.31. The topological polar surface area (TPSA) is 65.1 Å². The van der Waals surface area contributed by atoms with Crippen molar-refractivity contribution in [1.29, 1.82) is 0 Å². The number of primary amides is 1. The predicted octanol–water partition coefficient (Wildman–Crippen LogP) is 2.71. The van der Waals surface area contributed by atoms with Crippen molar-refractivity contribution in [3.05, 3.63) is 52.3 Å². The lowest BCUT2D eigenvalue weighted by atomic mass is 9.94. The number of carbonyl (C=O) groups is 2. The van der Waals surface area contributed by atoms with E-state index in [1.54, 1.807) is 12.1 Å². The Kier molecular flexibility index (Phi) is 3.16. The molecular weight excluding hydrogens is 264 g/mol. The molecular formula is C17H18N2O2. The van der Waals surface area contributed by atoms with Gasteiger partial charge in [-0.15, -0.1) is 0 Å². The number of hydrogen-bond acceptors (Lipinski definition) is 2. The van der Waals surface area contributed by atoms with E-state index in [2.05, 4.69) is 4.57 Å². The second-order valence-electron chi connectivity index (χ2n) is 5.56. The smallest absolute Gasteiger partial charge is 0.248 e. The summed E-state index contributed by atoms with van der Waals surface area (Å²) in [7, 11) is 0. The number of nitrogens with two attached hydrogens (primary N) is 1. The van der Waals surface area contributed by atoms with Crippen LogP contribution in [-0.2, 0) is 6.42 Å². The first-order valence-corrected chi connectivity index (χ1v) is 7.15. The third-order valence-electron chi connectivity index (χ3n) is 4.32. The summed E-state index contributed by atoms with van der Waals surface area (Å²) in [5.74, 6) is -0.191. The third kappa shape index (κ3) is 2.07. The van der Waals surface area contributed by atoms with Gasteiger partial charge >= 0.3 is 0 Å². The van der Waals surface area contributed by atoms with Gasteiger partial charge in [-0.2, -0.15) is 0 Å². The SMILES string of the molecule is Cc1c2c(n(-c3ccc(C(N)=O)cc3)c1C)CCCC2=O. The van der Waals surface area contributed by atoms with Crippen LogP contribution in [-0.4, -0.2) is 16.3 Å². The van der Waals surface area contributed by atoms with E-state index in [0.717, 1.165) is 41.0 Å². The Balaban J connectivity index is 2.17. The average molecular weight is 282 g/mol. The van der Waals surface area contributed by atoms with Gasteiger partial charge in [-0.25, -0.2) is 0 Å². The predicted molar refractivity (Wildman–Crippen MR) is 81.0 cm³/mol. The van der Waals surface area contributed by atoms with Crippen LogP contribution in [0.1, 0.15) is 50.5 Å². The molecule has 21 heavy (non-hydrogen) atoms. The molecule has 1 heterocycles. The van der Waals surface area contributed by atoms with Crippen LogP contribution in [0.3, 0.4) is 0 Å². The van der Waals surface area contributed by atoms with Crippen molar-refractivity contribution in [2.75, 3.05) is 0 Å². The molecule has 0 aliphatic heterocycles. The van der Waals surface area contributed by atoms with Crippen LogP contribution in [0, 0.1) is 13.8 Å². The summed E-state index contributed by atoms with van der Waals surface area (Å²) in [5.41, 5.74) is 10.9. The normalized spacial score (nSPS) is 14.1. The molecule has 1 aromatic heterocycles. The van der Waals surface area contributed by atoms with Gasteiger partial charge in [-0.05, 0) is 56.5 Å². The van der Waals surface area contributed by atoms with E-state index in [0.29, 0.717) is 12.0 Å². The number of ketones is 1.